The van der Waals surface area contributed by atoms with E-state index in [-0.39, 0.29) is 5.95 Å². The quantitative estimate of drug-likeness (QED) is 0.899. The van der Waals surface area contributed by atoms with Gasteiger partial charge in [0.15, 0.2) is 11.5 Å². The molecule has 0 saturated carbocycles. The Kier molecular flexibility index (Phi) is 3.32. The molecule has 5 nitrogen and oxygen atoms in total. The molecule has 0 aliphatic rings. The Balaban J connectivity index is 2.36. The van der Waals surface area contributed by atoms with Gasteiger partial charge in [0.1, 0.15) is 0 Å². The molecule has 1 aromatic heterocycles. The molecule has 18 heavy (non-hydrogen) atoms. The number of nitrogens with two attached hydrogens (primary N) is 1. The fourth-order valence-corrected chi connectivity index (χ4v) is 1.51. The third kappa shape index (κ3) is 2.51. The Hall–Kier alpha value is -2.30. The number of aromatic nitrogens is 2. The normalized spacial score (nSPS) is 10.2. The first-order valence-corrected chi connectivity index (χ1v) is 5.52. The second-order valence-electron chi connectivity index (χ2n) is 3.97. The summed E-state index contributed by atoms with van der Waals surface area (Å²) in [5.74, 6) is 1.88. The van der Waals surface area contributed by atoms with Crippen LogP contribution in [0.5, 0.6) is 17.4 Å². The monoisotopic (exact) mass is 245 g/mol. The van der Waals surface area contributed by atoms with Crippen LogP contribution in [0.2, 0.25) is 0 Å². The number of rotatable bonds is 3. The van der Waals surface area contributed by atoms with Gasteiger partial charge in [-0.25, -0.2) is 4.98 Å². The molecule has 0 bridgehead atoms. The summed E-state index contributed by atoms with van der Waals surface area (Å²) in [5.41, 5.74) is 7.45. The molecule has 94 valence electrons. The van der Waals surface area contributed by atoms with Gasteiger partial charge in [-0.2, -0.15) is 4.98 Å². The second-order valence-corrected chi connectivity index (χ2v) is 3.97. The highest BCUT2D eigenvalue weighted by Crippen LogP contribution is 2.32. The molecule has 0 aliphatic carbocycles. The van der Waals surface area contributed by atoms with Crippen LogP contribution in [0.25, 0.3) is 0 Å². The number of aryl methyl sites for hydroxylation is 2. The minimum Gasteiger partial charge on any atom is -0.493 e. The Labute approximate surface area is 106 Å². The van der Waals surface area contributed by atoms with Crippen molar-refractivity contribution in [2.45, 2.75) is 13.8 Å². The van der Waals surface area contributed by atoms with E-state index in [4.69, 9.17) is 15.2 Å². The Morgan fingerprint density at radius 1 is 1.17 bits per heavy atom. The lowest BCUT2D eigenvalue weighted by Gasteiger charge is -2.11. The van der Waals surface area contributed by atoms with Gasteiger partial charge in [0.25, 0.3) is 0 Å². The maximum Gasteiger partial charge on any atom is 0.227 e. The van der Waals surface area contributed by atoms with Crippen molar-refractivity contribution < 1.29 is 9.47 Å². The molecule has 2 N–H and O–H groups in total. The fraction of sp³-hybridized carbons (Fsp3) is 0.231. The van der Waals surface area contributed by atoms with E-state index in [2.05, 4.69) is 9.97 Å². The molecular weight excluding hydrogens is 230 g/mol. The lowest BCUT2D eigenvalue weighted by molar-refractivity contribution is 0.373. The van der Waals surface area contributed by atoms with Crippen LogP contribution in [-0.2, 0) is 0 Å². The van der Waals surface area contributed by atoms with E-state index in [0.717, 1.165) is 11.1 Å². The Morgan fingerprint density at radius 2 is 1.94 bits per heavy atom. The number of ether oxygens (including phenoxy) is 2. The van der Waals surface area contributed by atoms with Crippen LogP contribution in [0.15, 0.2) is 24.4 Å². The molecule has 0 atom stereocenters. The van der Waals surface area contributed by atoms with Crippen molar-refractivity contribution in [3.05, 3.63) is 35.5 Å². The third-order valence-corrected chi connectivity index (χ3v) is 2.47. The molecule has 0 aliphatic heterocycles. The molecule has 0 unspecified atom stereocenters. The minimum absolute atomic E-state index is 0.182. The number of nitrogen functional groups attached to an aromatic ring is 1. The van der Waals surface area contributed by atoms with Crippen LogP contribution in [0.3, 0.4) is 0 Å². The molecule has 0 fully saturated rings. The van der Waals surface area contributed by atoms with E-state index in [9.17, 15) is 0 Å². The smallest absolute Gasteiger partial charge is 0.227 e. The van der Waals surface area contributed by atoms with Crippen molar-refractivity contribution in [1.82, 2.24) is 9.97 Å². The average molecular weight is 245 g/mol. The van der Waals surface area contributed by atoms with Gasteiger partial charge in [-0.05, 0) is 31.5 Å². The molecular formula is C13H15N3O2. The van der Waals surface area contributed by atoms with Gasteiger partial charge in [0.2, 0.25) is 11.8 Å². The van der Waals surface area contributed by atoms with Gasteiger partial charge in [0, 0.05) is 11.8 Å². The lowest BCUT2D eigenvalue weighted by atomic mass is 10.2. The maximum atomic E-state index is 5.71. The van der Waals surface area contributed by atoms with Crippen LogP contribution in [0.1, 0.15) is 11.1 Å². The first kappa shape index (κ1) is 12.2. The van der Waals surface area contributed by atoms with E-state index in [0.29, 0.717) is 17.4 Å². The number of hydrogen-bond donors (Lipinski definition) is 1. The van der Waals surface area contributed by atoms with E-state index in [1.165, 1.54) is 0 Å². The number of methoxy groups -OCH3 is 1. The largest absolute Gasteiger partial charge is 0.493 e. The van der Waals surface area contributed by atoms with Gasteiger partial charge >= 0.3 is 0 Å². The minimum atomic E-state index is 0.182. The van der Waals surface area contributed by atoms with Gasteiger partial charge in [-0.1, -0.05) is 6.07 Å². The predicted octanol–water partition coefficient (Wildman–Crippen LogP) is 2.48. The van der Waals surface area contributed by atoms with Crippen LogP contribution in [0, 0.1) is 13.8 Å². The molecule has 2 rings (SSSR count). The molecule has 0 saturated heterocycles. The van der Waals surface area contributed by atoms with Gasteiger partial charge in [-0.15, -0.1) is 0 Å². The summed E-state index contributed by atoms with van der Waals surface area (Å²) < 4.78 is 11.0. The highest BCUT2D eigenvalue weighted by Gasteiger charge is 2.09. The van der Waals surface area contributed by atoms with Crippen LogP contribution in [-0.4, -0.2) is 17.1 Å². The second kappa shape index (κ2) is 4.91. The molecule has 1 heterocycles. The number of nitrogens with zero attached hydrogens (tertiary/aromatic N) is 2. The molecule has 0 radical (unpaired) electrons. The van der Waals surface area contributed by atoms with Crippen molar-refractivity contribution in [2.75, 3.05) is 12.8 Å². The van der Waals surface area contributed by atoms with Crippen LogP contribution in [0.4, 0.5) is 5.95 Å². The summed E-state index contributed by atoms with van der Waals surface area (Å²) in [6, 6.07) is 5.68. The zero-order valence-electron chi connectivity index (χ0n) is 10.6. The first-order chi connectivity index (χ1) is 8.60. The fourth-order valence-electron chi connectivity index (χ4n) is 1.51. The summed E-state index contributed by atoms with van der Waals surface area (Å²) >= 11 is 0. The summed E-state index contributed by atoms with van der Waals surface area (Å²) in [6.45, 7) is 3.84. The van der Waals surface area contributed by atoms with E-state index >= 15 is 0 Å². The van der Waals surface area contributed by atoms with E-state index in [1.807, 2.05) is 32.0 Å². The van der Waals surface area contributed by atoms with Crippen molar-refractivity contribution in [2.24, 2.45) is 0 Å². The molecule has 5 heteroatoms. The zero-order chi connectivity index (χ0) is 13.1. The highest BCUT2D eigenvalue weighted by atomic mass is 16.5. The molecule has 2 aromatic rings. The summed E-state index contributed by atoms with van der Waals surface area (Å²) in [4.78, 5) is 7.95. The van der Waals surface area contributed by atoms with Crippen LogP contribution >= 0.6 is 0 Å². The summed E-state index contributed by atoms with van der Waals surface area (Å²) in [7, 11) is 1.60. The first-order valence-electron chi connectivity index (χ1n) is 5.52. The standard InChI is InChI=1S/C13H15N3O2/c1-8-4-5-10(11(6-8)17-3)18-12-9(2)7-15-13(14)16-12/h4-7H,1-3H3,(H2,14,15,16). The SMILES string of the molecule is COc1cc(C)ccc1Oc1nc(N)ncc1C. The maximum absolute atomic E-state index is 5.71. The topological polar surface area (TPSA) is 70.3 Å². The van der Waals surface area contributed by atoms with Crippen LogP contribution < -0.4 is 15.2 Å². The van der Waals surface area contributed by atoms with Crippen molar-refractivity contribution in [3.8, 4) is 17.4 Å². The van der Waals surface area contributed by atoms with Crippen molar-refractivity contribution in [1.29, 1.82) is 0 Å². The van der Waals surface area contributed by atoms with Crippen molar-refractivity contribution >= 4 is 5.95 Å². The van der Waals surface area contributed by atoms with Gasteiger partial charge < -0.3 is 15.2 Å². The van der Waals surface area contributed by atoms with E-state index in [1.54, 1.807) is 13.3 Å². The van der Waals surface area contributed by atoms with Crippen molar-refractivity contribution in [3.63, 3.8) is 0 Å². The Bertz CT molecular complexity index is 570. The number of benzene rings is 1. The highest BCUT2D eigenvalue weighted by molar-refractivity contribution is 5.45. The predicted molar refractivity (Wildman–Crippen MR) is 69.0 cm³/mol. The number of hydrogen-bond acceptors (Lipinski definition) is 5. The number of anilines is 1. The molecule has 0 spiro atoms. The zero-order valence-corrected chi connectivity index (χ0v) is 10.6. The van der Waals surface area contributed by atoms with Gasteiger partial charge in [0.05, 0.1) is 7.11 Å². The molecule has 0 amide bonds. The summed E-state index contributed by atoms with van der Waals surface area (Å²) in [5, 5.41) is 0. The molecule has 1 aromatic carbocycles. The Morgan fingerprint density at radius 3 is 2.67 bits per heavy atom. The summed E-state index contributed by atoms with van der Waals surface area (Å²) in [6.07, 6.45) is 1.62. The average Bonchev–Trinajstić information content (AvgIpc) is 2.36. The third-order valence-electron chi connectivity index (χ3n) is 2.47. The van der Waals surface area contributed by atoms with E-state index < -0.39 is 0 Å². The van der Waals surface area contributed by atoms with Gasteiger partial charge in [-0.3, -0.25) is 0 Å². The lowest BCUT2D eigenvalue weighted by Crippen LogP contribution is -1.99.